The summed E-state index contributed by atoms with van der Waals surface area (Å²) >= 11 is 0. The van der Waals surface area contributed by atoms with Crippen molar-refractivity contribution in [3.05, 3.63) is 101 Å². The predicted octanol–water partition coefficient (Wildman–Crippen LogP) is 5.53. The van der Waals surface area contributed by atoms with Crippen molar-refractivity contribution < 1.29 is 13.2 Å². The largest absolute Gasteiger partial charge is 0.416 e. The topological polar surface area (TPSA) is 15.3 Å². The van der Waals surface area contributed by atoms with E-state index in [9.17, 15) is 13.2 Å². The van der Waals surface area contributed by atoms with Crippen LogP contribution in [0, 0.1) is 0 Å². The Bertz CT molecular complexity index is 1030. The molecule has 0 bridgehead atoms. The molecule has 30 heavy (non-hydrogen) atoms. The zero-order valence-corrected chi connectivity index (χ0v) is 16.5. The lowest BCUT2D eigenvalue weighted by Gasteiger charge is -2.34. The van der Waals surface area contributed by atoms with E-state index in [1.54, 1.807) is 12.1 Å². The lowest BCUT2D eigenvalue weighted by atomic mass is 9.74. The Morgan fingerprint density at radius 1 is 0.867 bits per heavy atom. The number of hydrogen-bond donors (Lipinski definition) is 1. The van der Waals surface area contributed by atoms with Gasteiger partial charge in [-0.25, -0.2) is 0 Å². The second-order valence-corrected chi connectivity index (χ2v) is 8.26. The Morgan fingerprint density at radius 2 is 1.57 bits per heavy atom. The van der Waals surface area contributed by atoms with Crippen LogP contribution in [0.25, 0.3) is 0 Å². The highest BCUT2D eigenvalue weighted by atomic mass is 19.4. The van der Waals surface area contributed by atoms with Crippen LogP contribution in [-0.2, 0) is 24.6 Å². The van der Waals surface area contributed by atoms with Crippen molar-refractivity contribution in [3.63, 3.8) is 0 Å². The fourth-order valence-electron chi connectivity index (χ4n) is 5.15. The van der Waals surface area contributed by atoms with Crippen molar-refractivity contribution in [2.45, 2.75) is 37.1 Å². The first-order chi connectivity index (χ1) is 14.5. The van der Waals surface area contributed by atoms with Crippen LogP contribution in [-0.4, -0.2) is 12.7 Å². The van der Waals surface area contributed by atoms with E-state index in [0.29, 0.717) is 6.42 Å². The van der Waals surface area contributed by atoms with Crippen LogP contribution in [0.4, 0.5) is 18.9 Å². The molecule has 5 rings (SSSR count). The molecule has 0 radical (unpaired) electrons. The number of para-hydroxylation sites is 1. The van der Waals surface area contributed by atoms with Crippen molar-refractivity contribution in [1.29, 1.82) is 0 Å². The van der Waals surface area contributed by atoms with Gasteiger partial charge in [-0.2, -0.15) is 13.2 Å². The molecule has 2 unspecified atom stereocenters. The Labute approximate surface area is 174 Å². The molecule has 154 valence electrons. The molecule has 2 atom stereocenters. The van der Waals surface area contributed by atoms with Gasteiger partial charge >= 0.3 is 6.18 Å². The van der Waals surface area contributed by atoms with Gasteiger partial charge in [0.05, 0.1) is 11.7 Å². The van der Waals surface area contributed by atoms with Crippen LogP contribution in [0.1, 0.15) is 28.7 Å². The van der Waals surface area contributed by atoms with Crippen molar-refractivity contribution in [3.8, 4) is 0 Å². The van der Waals surface area contributed by atoms with Gasteiger partial charge in [-0.05, 0) is 54.3 Å². The molecule has 1 saturated heterocycles. The summed E-state index contributed by atoms with van der Waals surface area (Å²) in [6.07, 6.45) is -2.51. The normalized spacial score (nSPS) is 22.8. The lowest BCUT2D eigenvalue weighted by molar-refractivity contribution is -0.137. The first-order valence-electron chi connectivity index (χ1n) is 10.3. The summed E-state index contributed by atoms with van der Waals surface area (Å²) in [5.74, 6) is 0. The first-order valence-corrected chi connectivity index (χ1v) is 10.3. The molecule has 0 saturated carbocycles. The number of alkyl halides is 3. The van der Waals surface area contributed by atoms with Crippen LogP contribution in [0.3, 0.4) is 0 Å². The van der Waals surface area contributed by atoms with Crippen molar-refractivity contribution >= 4 is 5.69 Å². The van der Waals surface area contributed by atoms with E-state index in [1.807, 2.05) is 6.07 Å². The number of nitrogens with one attached hydrogen (secondary N) is 1. The van der Waals surface area contributed by atoms with E-state index >= 15 is 0 Å². The van der Waals surface area contributed by atoms with E-state index in [2.05, 4.69) is 58.7 Å². The summed E-state index contributed by atoms with van der Waals surface area (Å²) in [6.45, 7) is 1.69. The zero-order chi connectivity index (χ0) is 20.8. The number of rotatable bonds is 4. The maximum absolute atomic E-state index is 13.0. The summed E-state index contributed by atoms with van der Waals surface area (Å²) in [7, 11) is 0. The van der Waals surface area contributed by atoms with E-state index in [4.69, 9.17) is 0 Å². The molecule has 2 nitrogen and oxygen atoms in total. The second kappa shape index (κ2) is 7.17. The highest BCUT2D eigenvalue weighted by Gasteiger charge is 2.53. The minimum absolute atomic E-state index is 0.123. The molecule has 2 aliphatic rings. The highest BCUT2D eigenvalue weighted by molar-refractivity contribution is 5.65. The van der Waals surface area contributed by atoms with Crippen LogP contribution in [0.2, 0.25) is 0 Å². The number of fused-ring (bicyclic) bond motifs is 3. The molecular weight excluding hydrogens is 385 g/mol. The molecule has 5 heteroatoms. The fourth-order valence-corrected chi connectivity index (χ4v) is 5.15. The third kappa shape index (κ3) is 3.18. The van der Waals surface area contributed by atoms with Gasteiger partial charge in [0.25, 0.3) is 0 Å². The molecule has 3 aromatic carbocycles. The van der Waals surface area contributed by atoms with Gasteiger partial charge in [-0.3, -0.25) is 5.32 Å². The van der Waals surface area contributed by atoms with Crippen molar-refractivity contribution in [2.24, 2.45) is 0 Å². The zero-order valence-electron chi connectivity index (χ0n) is 16.5. The van der Waals surface area contributed by atoms with E-state index < -0.39 is 11.7 Å². The molecule has 0 spiro atoms. The predicted molar refractivity (Wildman–Crippen MR) is 112 cm³/mol. The smallest absolute Gasteiger partial charge is 0.350 e. The summed E-state index contributed by atoms with van der Waals surface area (Å²) in [5, 5.41) is 3.68. The molecule has 1 fully saturated rings. The minimum atomic E-state index is -4.30. The Kier molecular flexibility index (Phi) is 4.58. The average molecular weight is 408 g/mol. The fraction of sp³-hybridized carbons (Fsp3) is 0.280. The van der Waals surface area contributed by atoms with Gasteiger partial charge in [-0.1, -0.05) is 60.7 Å². The Balaban J connectivity index is 1.51. The highest BCUT2D eigenvalue weighted by Crippen LogP contribution is 2.51. The van der Waals surface area contributed by atoms with E-state index in [-0.39, 0.29) is 11.6 Å². The Hall–Kier alpha value is -2.79. The third-order valence-corrected chi connectivity index (χ3v) is 6.49. The summed E-state index contributed by atoms with van der Waals surface area (Å²) in [6, 6.07) is 24.5. The van der Waals surface area contributed by atoms with Crippen LogP contribution >= 0.6 is 0 Å². The van der Waals surface area contributed by atoms with Crippen molar-refractivity contribution in [1.82, 2.24) is 5.32 Å². The van der Waals surface area contributed by atoms with Gasteiger partial charge in [0, 0.05) is 17.6 Å². The molecule has 2 heterocycles. The number of halogens is 3. The van der Waals surface area contributed by atoms with Gasteiger partial charge in [0.15, 0.2) is 0 Å². The van der Waals surface area contributed by atoms with Crippen LogP contribution < -0.4 is 10.2 Å². The number of nitrogens with zero attached hydrogens (tertiary/aromatic N) is 1. The molecule has 0 aromatic heterocycles. The average Bonchev–Trinajstić information content (AvgIpc) is 3.26. The molecule has 1 N–H and O–H groups in total. The van der Waals surface area contributed by atoms with Gasteiger partial charge in [0.2, 0.25) is 0 Å². The monoisotopic (exact) mass is 408 g/mol. The maximum atomic E-state index is 13.0. The Morgan fingerprint density at radius 3 is 2.30 bits per heavy atom. The summed E-state index contributed by atoms with van der Waals surface area (Å²) < 4.78 is 38.9. The van der Waals surface area contributed by atoms with Crippen LogP contribution in [0.5, 0.6) is 0 Å². The van der Waals surface area contributed by atoms with Gasteiger partial charge in [-0.15, -0.1) is 0 Å². The molecule has 0 aliphatic carbocycles. The third-order valence-electron chi connectivity index (χ3n) is 6.49. The minimum Gasteiger partial charge on any atom is -0.350 e. The van der Waals surface area contributed by atoms with Crippen molar-refractivity contribution in [2.75, 3.05) is 11.4 Å². The number of anilines is 1. The summed E-state index contributed by atoms with van der Waals surface area (Å²) in [5.41, 5.74) is 3.94. The molecule has 0 amide bonds. The molecular formula is C25H23F3N2. The number of benzene rings is 3. The molecule has 2 aliphatic heterocycles. The first kappa shape index (κ1) is 19.2. The standard InChI is InChI=1S/C25H23F3N2/c26-25(27,28)20-12-10-18(11-13-20)16-24-14-15-29-23(24)30(17-19-6-2-1-3-7-19)22-9-5-4-8-21(22)24/h1-13,23,29H,14-17H2. The number of hydrogen-bond acceptors (Lipinski definition) is 2. The maximum Gasteiger partial charge on any atom is 0.416 e. The second-order valence-electron chi connectivity index (χ2n) is 8.26. The molecule has 3 aromatic rings. The van der Waals surface area contributed by atoms with Gasteiger partial charge in [0.1, 0.15) is 0 Å². The lowest BCUT2D eigenvalue weighted by Crippen LogP contribution is -2.48. The van der Waals surface area contributed by atoms with E-state index in [0.717, 1.165) is 25.1 Å². The summed E-state index contributed by atoms with van der Waals surface area (Å²) in [4.78, 5) is 2.42. The SMILES string of the molecule is FC(F)(F)c1ccc(CC23CCNC2N(Cc2ccccc2)c2ccccc23)cc1. The quantitative estimate of drug-likeness (QED) is 0.611. The van der Waals surface area contributed by atoms with E-state index in [1.165, 1.54) is 28.9 Å². The van der Waals surface area contributed by atoms with Crippen LogP contribution in [0.15, 0.2) is 78.9 Å². The van der Waals surface area contributed by atoms with Gasteiger partial charge < -0.3 is 4.90 Å².